The molecule has 6 nitrogen and oxygen atoms in total. The van der Waals surface area contributed by atoms with Gasteiger partial charge in [0.1, 0.15) is 11.5 Å². The van der Waals surface area contributed by atoms with Crippen molar-refractivity contribution in [1.29, 1.82) is 0 Å². The summed E-state index contributed by atoms with van der Waals surface area (Å²) >= 11 is 0. The summed E-state index contributed by atoms with van der Waals surface area (Å²) in [6.07, 6.45) is 8.20. The molecule has 1 aliphatic rings. The number of carbonyl (C=O) groups is 1. The van der Waals surface area contributed by atoms with Crippen LogP contribution in [-0.2, 0) is 11.2 Å². The maximum absolute atomic E-state index is 12.3. The lowest BCUT2D eigenvalue weighted by Crippen LogP contribution is -2.33. The Balaban J connectivity index is 1.36. The number of pyridine rings is 2. The Morgan fingerprint density at radius 2 is 2.08 bits per heavy atom. The summed E-state index contributed by atoms with van der Waals surface area (Å²) < 4.78 is 1.92. The molecule has 3 aromatic heterocycles. The molecule has 0 aromatic carbocycles. The summed E-state index contributed by atoms with van der Waals surface area (Å²) in [6.45, 7) is 4.40. The fraction of sp³-hybridized carbons (Fsp3) is 0.350. The first-order valence-electron chi connectivity index (χ1n) is 9.11. The van der Waals surface area contributed by atoms with Gasteiger partial charge in [-0.25, -0.2) is 9.97 Å². The van der Waals surface area contributed by atoms with Crippen molar-refractivity contribution in [3.05, 3.63) is 54.6 Å². The number of imidazole rings is 1. The number of hydrogen-bond donors (Lipinski definition) is 1. The van der Waals surface area contributed by atoms with Gasteiger partial charge in [0.2, 0.25) is 5.91 Å². The molecule has 1 N–H and O–H groups in total. The normalized spacial score (nSPS) is 15.3. The molecular weight excluding hydrogens is 326 g/mol. The number of aromatic nitrogens is 3. The minimum atomic E-state index is -0.0882. The van der Waals surface area contributed by atoms with E-state index in [2.05, 4.69) is 27.1 Å². The molecule has 26 heavy (non-hydrogen) atoms. The third-order valence-electron chi connectivity index (χ3n) is 4.89. The van der Waals surface area contributed by atoms with Gasteiger partial charge in [0, 0.05) is 25.5 Å². The second-order valence-corrected chi connectivity index (χ2v) is 7.00. The molecule has 0 spiro atoms. The number of fused-ring (bicyclic) bond motifs is 1. The number of amides is 1. The van der Waals surface area contributed by atoms with Crippen LogP contribution in [0.15, 0.2) is 48.9 Å². The highest BCUT2D eigenvalue weighted by Gasteiger charge is 2.17. The van der Waals surface area contributed by atoms with Crippen molar-refractivity contribution in [2.75, 3.05) is 23.3 Å². The van der Waals surface area contributed by atoms with Crippen molar-refractivity contribution in [1.82, 2.24) is 14.4 Å². The summed E-state index contributed by atoms with van der Waals surface area (Å²) in [7, 11) is 0. The summed E-state index contributed by atoms with van der Waals surface area (Å²) in [5.41, 5.74) is 2.31. The van der Waals surface area contributed by atoms with E-state index in [1.807, 2.05) is 47.1 Å². The van der Waals surface area contributed by atoms with Crippen molar-refractivity contribution in [3.8, 4) is 0 Å². The number of nitrogens with zero attached hydrogens (tertiary/aromatic N) is 4. The smallest absolute Gasteiger partial charge is 0.230 e. The van der Waals surface area contributed by atoms with Gasteiger partial charge < -0.3 is 14.6 Å². The van der Waals surface area contributed by atoms with Crippen molar-refractivity contribution in [3.63, 3.8) is 0 Å². The lowest BCUT2D eigenvalue weighted by Gasteiger charge is -2.31. The number of carbonyl (C=O) groups excluding carboxylic acids is 1. The molecule has 1 saturated heterocycles. The molecule has 0 unspecified atom stereocenters. The van der Waals surface area contributed by atoms with Crippen LogP contribution in [0, 0.1) is 5.92 Å². The average molecular weight is 349 g/mol. The summed E-state index contributed by atoms with van der Waals surface area (Å²) in [6, 6.07) is 9.70. The molecule has 134 valence electrons. The Hall–Kier alpha value is -2.89. The van der Waals surface area contributed by atoms with Crippen molar-refractivity contribution >= 4 is 23.1 Å². The zero-order chi connectivity index (χ0) is 17.9. The molecule has 0 radical (unpaired) electrons. The van der Waals surface area contributed by atoms with E-state index in [-0.39, 0.29) is 12.3 Å². The fourth-order valence-electron chi connectivity index (χ4n) is 3.33. The van der Waals surface area contributed by atoms with E-state index >= 15 is 0 Å². The van der Waals surface area contributed by atoms with E-state index in [4.69, 9.17) is 0 Å². The molecular formula is C20H23N5O. The third-order valence-corrected chi connectivity index (χ3v) is 4.89. The Labute approximate surface area is 152 Å². The fourth-order valence-corrected chi connectivity index (χ4v) is 3.33. The Morgan fingerprint density at radius 3 is 2.81 bits per heavy atom. The zero-order valence-corrected chi connectivity index (χ0v) is 14.9. The first-order valence-corrected chi connectivity index (χ1v) is 9.11. The van der Waals surface area contributed by atoms with Gasteiger partial charge in [0.05, 0.1) is 24.0 Å². The van der Waals surface area contributed by atoms with Crippen molar-refractivity contribution in [2.45, 2.75) is 26.2 Å². The number of hydrogen-bond acceptors (Lipinski definition) is 4. The van der Waals surface area contributed by atoms with Gasteiger partial charge in [-0.2, -0.15) is 0 Å². The van der Waals surface area contributed by atoms with Crippen LogP contribution in [-0.4, -0.2) is 33.4 Å². The van der Waals surface area contributed by atoms with E-state index in [1.54, 1.807) is 6.20 Å². The van der Waals surface area contributed by atoms with Crippen molar-refractivity contribution < 1.29 is 4.79 Å². The highest BCUT2D eigenvalue weighted by molar-refractivity contribution is 5.92. The second kappa shape index (κ2) is 7.15. The molecule has 0 bridgehead atoms. The van der Waals surface area contributed by atoms with Crippen LogP contribution in [0.3, 0.4) is 0 Å². The SMILES string of the molecule is CC1CCN(c2ccc(NC(=O)Cc3cn4ccccc4n3)cn2)CC1. The van der Waals surface area contributed by atoms with Crippen LogP contribution < -0.4 is 10.2 Å². The van der Waals surface area contributed by atoms with Gasteiger partial charge >= 0.3 is 0 Å². The Morgan fingerprint density at radius 1 is 1.23 bits per heavy atom. The van der Waals surface area contributed by atoms with E-state index in [1.165, 1.54) is 12.8 Å². The molecule has 6 heteroatoms. The number of anilines is 2. The predicted octanol–water partition coefficient (Wildman–Crippen LogP) is 3.15. The molecule has 1 amide bonds. The summed E-state index contributed by atoms with van der Waals surface area (Å²) in [5.74, 6) is 1.69. The molecule has 3 aromatic rings. The van der Waals surface area contributed by atoms with E-state index < -0.39 is 0 Å². The largest absolute Gasteiger partial charge is 0.357 e. The lowest BCUT2D eigenvalue weighted by molar-refractivity contribution is -0.115. The van der Waals surface area contributed by atoms with E-state index in [9.17, 15) is 4.79 Å². The predicted molar refractivity (Wildman–Crippen MR) is 102 cm³/mol. The van der Waals surface area contributed by atoms with Crippen LogP contribution in [0.2, 0.25) is 0 Å². The molecule has 0 saturated carbocycles. The molecule has 0 aliphatic carbocycles. The van der Waals surface area contributed by atoms with Crippen LogP contribution >= 0.6 is 0 Å². The highest BCUT2D eigenvalue weighted by atomic mass is 16.1. The standard InChI is InChI=1S/C20H23N5O/c1-15-7-10-24(11-8-15)18-6-5-16(13-21-18)23-20(26)12-17-14-25-9-3-2-4-19(25)22-17/h2-6,9,13-15H,7-8,10-12H2,1H3,(H,23,26). The topological polar surface area (TPSA) is 62.5 Å². The summed E-state index contributed by atoms with van der Waals surface area (Å²) in [5, 5.41) is 2.90. The Kier molecular flexibility index (Phi) is 4.56. The molecule has 1 fully saturated rings. The highest BCUT2D eigenvalue weighted by Crippen LogP contribution is 2.22. The van der Waals surface area contributed by atoms with Crippen LogP contribution in [0.4, 0.5) is 11.5 Å². The molecule has 4 rings (SSSR count). The first-order chi connectivity index (χ1) is 12.7. The average Bonchev–Trinajstić information content (AvgIpc) is 3.05. The molecule has 0 atom stereocenters. The minimum Gasteiger partial charge on any atom is -0.357 e. The van der Waals surface area contributed by atoms with Crippen LogP contribution in [0.5, 0.6) is 0 Å². The van der Waals surface area contributed by atoms with E-state index in [0.717, 1.165) is 36.2 Å². The second-order valence-electron chi connectivity index (χ2n) is 7.00. The van der Waals surface area contributed by atoms with Gasteiger partial charge in [-0.3, -0.25) is 4.79 Å². The van der Waals surface area contributed by atoms with Gasteiger partial charge in [-0.1, -0.05) is 13.0 Å². The van der Waals surface area contributed by atoms with Crippen LogP contribution in [0.25, 0.3) is 5.65 Å². The number of nitrogens with one attached hydrogen (secondary N) is 1. The monoisotopic (exact) mass is 349 g/mol. The lowest BCUT2D eigenvalue weighted by atomic mass is 9.99. The maximum Gasteiger partial charge on any atom is 0.230 e. The summed E-state index contributed by atoms with van der Waals surface area (Å²) in [4.78, 5) is 23.6. The van der Waals surface area contributed by atoms with E-state index in [0.29, 0.717) is 5.69 Å². The van der Waals surface area contributed by atoms with Gasteiger partial charge in [0.15, 0.2) is 0 Å². The minimum absolute atomic E-state index is 0.0882. The molecule has 1 aliphatic heterocycles. The number of rotatable bonds is 4. The third kappa shape index (κ3) is 3.69. The van der Waals surface area contributed by atoms with Gasteiger partial charge in [-0.15, -0.1) is 0 Å². The van der Waals surface area contributed by atoms with Crippen LogP contribution in [0.1, 0.15) is 25.5 Å². The molecule has 4 heterocycles. The number of piperidine rings is 1. The van der Waals surface area contributed by atoms with Gasteiger partial charge in [0.25, 0.3) is 0 Å². The zero-order valence-electron chi connectivity index (χ0n) is 14.9. The quantitative estimate of drug-likeness (QED) is 0.786. The Bertz CT molecular complexity index is 861. The first kappa shape index (κ1) is 16.6. The maximum atomic E-state index is 12.3. The van der Waals surface area contributed by atoms with Gasteiger partial charge in [-0.05, 0) is 43.0 Å². The van der Waals surface area contributed by atoms with Crippen molar-refractivity contribution in [2.24, 2.45) is 5.92 Å².